The quantitative estimate of drug-likeness (QED) is 0.409. The molecule has 2 aromatic carbocycles. The van der Waals surface area contributed by atoms with E-state index in [2.05, 4.69) is 15.1 Å². The fraction of sp³-hybridized carbons (Fsp3) is 0.200. The van der Waals surface area contributed by atoms with Crippen molar-refractivity contribution in [3.63, 3.8) is 0 Å². The van der Waals surface area contributed by atoms with E-state index >= 15 is 0 Å². The summed E-state index contributed by atoms with van der Waals surface area (Å²) >= 11 is 0. The number of amides is 1. The molecule has 1 aliphatic rings. The Morgan fingerprint density at radius 3 is 2.09 bits per heavy atom. The lowest BCUT2D eigenvalue weighted by Crippen LogP contribution is -2.49. The Labute approximate surface area is 199 Å². The van der Waals surface area contributed by atoms with Crippen molar-refractivity contribution < 1.29 is 18.0 Å². The monoisotopic (exact) mass is 478 g/mol. The molecule has 1 saturated heterocycles. The van der Waals surface area contributed by atoms with Crippen LogP contribution in [0.1, 0.15) is 0 Å². The first kappa shape index (κ1) is 22.6. The Morgan fingerprint density at radius 2 is 1.46 bits per heavy atom. The van der Waals surface area contributed by atoms with Crippen LogP contribution in [-0.4, -0.2) is 56.7 Å². The van der Waals surface area contributed by atoms with Gasteiger partial charge in [0.2, 0.25) is 11.9 Å². The van der Waals surface area contributed by atoms with Gasteiger partial charge < -0.3 is 9.80 Å². The summed E-state index contributed by atoms with van der Waals surface area (Å²) < 4.78 is 41.8. The average molecular weight is 478 g/mol. The van der Waals surface area contributed by atoms with Gasteiger partial charge in [-0.15, -0.1) is 5.10 Å². The van der Waals surface area contributed by atoms with E-state index in [-0.39, 0.29) is 24.1 Å². The highest BCUT2D eigenvalue weighted by Gasteiger charge is 2.24. The van der Waals surface area contributed by atoms with Gasteiger partial charge in [-0.05, 0) is 54.6 Å². The highest BCUT2D eigenvalue weighted by molar-refractivity contribution is 5.77. The third kappa shape index (κ3) is 5.01. The van der Waals surface area contributed by atoms with Crippen LogP contribution in [0.25, 0.3) is 22.8 Å². The minimum atomic E-state index is -0.544. The number of pyridine rings is 1. The fourth-order valence-electron chi connectivity index (χ4n) is 4.02. The predicted octanol–water partition coefficient (Wildman–Crippen LogP) is 3.77. The van der Waals surface area contributed by atoms with E-state index in [4.69, 9.17) is 0 Å². The first-order valence-electron chi connectivity index (χ1n) is 11.1. The smallest absolute Gasteiger partial charge is 0.244 e. The Hall–Kier alpha value is -4.21. The molecule has 5 rings (SSSR count). The van der Waals surface area contributed by atoms with Gasteiger partial charge in [0.05, 0.1) is 0 Å². The van der Waals surface area contributed by atoms with E-state index < -0.39 is 5.95 Å². The molecule has 2 aromatic heterocycles. The Kier molecular flexibility index (Phi) is 6.17. The lowest BCUT2D eigenvalue weighted by molar-refractivity contribution is -0.132. The molecule has 0 N–H and O–H groups in total. The summed E-state index contributed by atoms with van der Waals surface area (Å²) in [5.74, 6) is -0.718. The summed E-state index contributed by atoms with van der Waals surface area (Å²) in [7, 11) is 0. The fourth-order valence-corrected chi connectivity index (χ4v) is 4.02. The standard InChI is InChI=1S/C25H21F3N6O/c26-19-5-1-17(2-6-19)24-30-25(18-3-7-20(27)8-4-18)34(31-24)16-23(35)33-13-11-32(12-14-33)21-9-10-29-22(28)15-21/h1-10,15H,11-14,16H2. The number of anilines is 1. The summed E-state index contributed by atoms with van der Waals surface area (Å²) in [5, 5.41) is 4.50. The second-order valence-electron chi connectivity index (χ2n) is 8.14. The van der Waals surface area contributed by atoms with Crippen LogP contribution >= 0.6 is 0 Å². The van der Waals surface area contributed by atoms with E-state index in [1.165, 1.54) is 41.2 Å². The molecule has 10 heteroatoms. The molecule has 0 bridgehead atoms. The molecule has 0 aliphatic carbocycles. The van der Waals surface area contributed by atoms with Crippen LogP contribution < -0.4 is 4.90 Å². The molecule has 35 heavy (non-hydrogen) atoms. The van der Waals surface area contributed by atoms with Crippen molar-refractivity contribution in [2.45, 2.75) is 6.54 Å². The average Bonchev–Trinajstić information content (AvgIpc) is 3.28. The molecular formula is C25H21F3N6O. The lowest BCUT2D eigenvalue weighted by atomic mass is 10.2. The zero-order valence-electron chi connectivity index (χ0n) is 18.6. The maximum atomic E-state index is 13.5. The summed E-state index contributed by atoms with van der Waals surface area (Å²) in [4.78, 5) is 25.0. The van der Waals surface area contributed by atoms with Gasteiger partial charge in [-0.25, -0.2) is 23.4 Å². The highest BCUT2D eigenvalue weighted by Crippen LogP contribution is 2.24. The van der Waals surface area contributed by atoms with Crippen LogP contribution in [-0.2, 0) is 11.3 Å². The summed E-state index contributed by atoms with van der Waals surface area (Å²) in [6, 6.07) is 14.6. The van der Waals surface area contributed by atoms with Crippen molar-refractivity contribution in [1.29, 1.82) is 0 Å². The van der Waals surface area contributed by atoms with Gasteiger partial charge in [-0.1, -0.05) is 0 Å². The van der Waals surface area contributed by atoms with E-state index in [9.17, 15) is 18.0 Å². The van der Waals surface area contributed by atoms with Gasteiger partial charge in [-0.2, -0.15) is 4.39 Å². The molecule has 1 amide bonds. The number of nitrogens with zero attached hydrogens (tertiary/aromatic N) is 6. The SMILES string of the molecule is O=C(Cn1nc(-c2ccc(F)cc2)nc1-c1ccc(F)cc1)N1CCN(c2ccnc(F)c2)CC1. The van der Waals surface area contributed by atoms with Crippen LogP contribution in [0, 0.1) is 17.6 Å². The van der Waals surface area contributed by atoms with Gasteiger partial charge in [0.15, 0.2) is 11.6 Å². The third-order valence-corrected chi connectivity index (χ3v) is 5.87. The van der Waals surface area contributed by atoms with Gasteiger partial charge in [0.25, 0.3) is 0 Å². The molecule has 0 atom stereocenters. The zero-order chi connectivity index (χ0) is 24.4. The molecule has 3 heterocycles. The number of carbonyl (C=O) groups is 1. The third-order valence-electron chi connectivity index (χ3n) is 5.87. The molecule has 0 radical (unpaired) electrons. The van der Waals surface area contributed by atoms with Crippen molar-refractivity contribution in [2.75, 3.05) is 31.1 Å². The van der Waals surface area contributed by atoms with E-state index in [0.29, 0.717) is 49.0 Å². The van der Waals surface area contributed by atoms with Gasteiger partial charge in [0.1, 0.15) is 18.2 Å². The molecule has 0 unspecified atom stereocenters. The number of benzene rings is 2. The Balaban J connectivity index is 1.35. The van der Waals surface area contributed by atoms with E-state index in [1.54, 1.807) is 35.2 Å². The minimum Gasteiger partial charge on any atom is -0.368 e. The molecule has 0 saturated carbocycles. The van der Waals surface area contributed by atoms with Gasteiger partial charge in [-0.3, -0.25) is 4.79 Å². The number of hydrogen-bond acceptors (Lipinski definition) is 5. The Bertz CT molecular complexity index is 1330. The van der Waals surface area contributed by atoms with Crippen LogP contribution in [0.2, 0.25) is 0 Å². The normalized spacial score (nSPS) is 13.8. The molecule has 178 valence electrons. The van der Waals surface area contributed by atoms with Crippen molar-refractivity contribution in [2.24, 2.45) is 0 Å². The molecule has 1 aliphatic heterocycles. The number of hydrogen-bond donors (Lipinski definition) is 0. The topological polar surface area (TPSA) is 67.2 Å². The zero-order valence-corrected chi connectivity index (χ0v) is 18.6. The van der Waals surface area contributed by atoms with Gasteiger partial charge in [0, 0.05) is 55.3 Å². The summed E-state index contributed by atoms with van der Waals surface area (Å²) in [5.41, 5.74) is 1.92. The Morgan fingerprint density at radius 1 is 0.829 bits per heavy atom. The van der Waals surface area contributed by atoms with Gasteiger partial charge >= 0.3 is 0 Å². The number of rotatable bonds is 5. The maximum absolute atomic E-state index is 13.5. The molecule has 7 nitrogen and oxygen atoms in total. The van der Waals surface area contributed by atoms with Crippen LogP contribution in [0.4, 0.5) is 18.9 Å². The molecule has 4 aromatic rings. The lowest BCUT2D eigenvalue weighted by Gasteiger charge is -2.36. The van der Waals surface area contributed by atoms with E-state index in [1.807, 2.05) is 4.90 Å². The predicted molar refractivity (Wildman–Crippen MR) is 124 cm³/mol. The first-order chi connectivity index (χ1) is 17.0. The van der Waals surface area contributed by atoms with Crippen LogP contribution in [0.5, 0.6) is 0 Å². The van der Waals surface area contributed by atoms with Crippen LogP contribution in [0.15, 0.2) is 66.9 Å². The number of halogens is 3. The summed E-state index contributed by atoms with van der Waals surface area (Å²) in [6.07, 6.45) is 1.42. The van der Waals surface area contributed by atoms with Crippen molar-refractivity contribution in [3.8, 4) is 22.8 Å². The second-order valence-corrected chi connectivity index (χ2v) is 8.14. The largest absolute Gasteiger partial charge is 0.368 e. The van der Waals surface area contributed by atoms with Crippen LogP contribution in [0.3, 0.4) is 0 Å². The van der Waals surface area contributed by atoms with Crippen molar-refractivity contribution in [1.82, 2.24) is 24.6 Å². The maximum Gasteiger partial charge on any atom is 0.244 e. The number of carbonyl (C=O) groups excluding carboxylic acids is 1. The van der Waals surface area contributed by atoms with Crippen molar-refractivity contribution >= 4 is 11.6 Å². The highest BCUT2D eigenvalue weighted by atomic mass is 19.1. The minimum absolute atomic E-state index is 0.0647. The van der Waals surface area contributed by atoms with Crippen molar-refractivity contribution in [3.05, 3.63) is 84.4 Å². The number of aromatic nitrogens is 4. The van der Waals surface area contributed by atoms with E-state index in [0.717, 1.165) is 5.69 Å². The molecular weight excluding hydrogens is 457 g/mol. The first-order valence-corrected chi connectivity index (χ1v) is 11.1. The summed E-state index contributed by atoms with van der Waals surface area (Å²) in [6.45, 7) is 1.98. The second kappa shape index (κ2) is 9.57. The number of piperazine rings is 1. The molecule has 1 fully saturated rings. The molecule has 0 spiro atoms.